The highest BCUT2D eigenvalue weighted by Crippen LogP contribution is 2.24. The van der Waals surface area contributed by atoms with Crippen molar-refractivity contribution in [3.05, 3.63) is 0 Å². The number of nitrogens with one attached hydrogen (secondary N) is 1. The van der Waals surface area contributed by atoms with Gasteiger partial charge in [0.2, 0.25) is 0 Å². The molecule has 0 aromatic carbocycles. The van der Waals surface area contributed by atoms with Gasteiger partial charge in [0, 0.05) is 25.2 Å². The normalized spacial score (nSPS) is 31.2. The van der Waals surface area contributed by atoms with E-state index in [1.165, 1.54) is 45.3 Å². The van der Waals surface area contributed by atoms with Gasteiger partial charge in [0.15, 0.2) is 0 Å². The molecule has 2 heterocycles. The fourth-order valence-electron chi connectivity index (χ4n) is 3.42. The number of nitrogens with zero attached hydrogens (tertiary/aromatic N) is 1. The molecule has 0 saturated carbocycles. The molecule has 2 atom stereocenters. The zero-order valence-corrected chi connectivity index (χ0v) is 12.3. The van der Waals surface area contributed by atoms with Crippen LogP contribution in [0.1, 0.15) is 46.5 Å². The Morgan fingerprint density at radius 3 is 2.56 bits per heavy atom. The minimum Gasteiger partial charge on any atom is -0.378 e. The van der Waals surface area contributed by atoms with Gasteiger partial charge in [0.1, 0.15) is 0 Å². The van der Waals surface area contributed by atoms with Gasteiger partial charge in [0.05, 0.1) is 6.10 Å². The third-order valence-corrected chi connectivity index (χ3v) is 4.52. The number of piperidine rings is 1. The lowest BCUT2D eigenvalue weighted by molar-refractivity contribution is -0.0296. The monoisotopic (exact) mass is 254 g/mol. The van der Waals surface area contributed by atoms with E-state index in [1.54, 1.807) is 0 Å². The van der Waals surface area contributed by atoms with Gasteiger partial charge in [-0.3, -0.25) is 4.90 Å². The highest BCUT2D eigenvalue weighted by molar-refractivity contribution is 4.83. The fourth-order valence-corrected chi connectivity index (χ4v) is 3.42. The second kappa shape index (κ2) is 6.88. The average Bonchev–Trinajstić information content (AvgIpc) is 2.37. The van der Waals surface area contributed by atoms with Crippen LogP contribution in [0.3, 0.4) is 0 Å². The number of hydrogen-bond donors (Lipinski definition) is 1. The first-order valence-corrected chi connectivity index (χ1v) is 7.75. The van der Waals surface area contributed by atoms with Crippen molar-refractivity contribution in [1.82, 2.24) is 10.2 Å². The van der Waals surface area contributed by atoms with Crippen molar-refractivity contribution in [2.75, 3.05) is 26.2 Å². The molecule has 2 rings (SSSR count). The number of hydrogen-bond acceptors (Lipinski definition) is 3. The van der Waals surface area contributed by atoms with Crippen molar-refractivity contribution in [2.24, 2.45) is 5.92 Å². The summed E-state index contributed by atoms with van der Waals surface area (Å²) in [6.45, 7) is 11.6. The van der Waals surface area contributed by atoms with E-state index >= 15 is 0 Å². The maximum absolute atomic E-state index is 5.69. The summed E-state index contributed by atoms with van der Waals surface area (Å²) in [6, 6.07) is 1.40. The molecule has 2 unspecified atom stereocenters. The van der Waals surface area contributed by atoms with Crippen molar-refractivity contribution >= 4 is 0 Å². The van der Waals surface area contributed by atoms with Gasteiger partial charge in [-0.05, 0) is 65.5 Å². The van der Waals surface area contributed by atoms with Crippen LogP contribution in [0.25, 0.3) is 0 Å². The summed E-state index contributed by atoms with van der Waals surface area (Å²) in [7, 11) is 0. The first kappa shape index (κ1) is 14.3. The lowest BCUT2D eigenvalue weighted by atomic mass is 9.94. The Morgan fingerprint density at radius 1 is 1.22 bits per heavy atom. The first-order chi connectivity index (χ1) is 8.66. The van der Waals surface area contributed by atoms with E-state index in [0.29, 0.717) is 12.1 Å². The van der Waals surface area contributed by atoms with E-state index in [9.17, 15) is 0 Å². The highest BCUT2D eigenvalue weighted by atomic mass is 16.5. The summed E-state index contributed by atoms with van der Waals surface area (Å²) >= 11 is 0. The van der Waals surface area contributed by atoms with Gasteiger partial charge in [0.25, 0.3) is 0 Å². The molecule has 2 aliphatic heterocycles. The quantitative estimate of drug-likeness (QED) is 0.833. The van der Waals surface area contributed by atoms with Crippen LogP contribution in [0.2, 0.25) is 0 Å². The molecule has 2 aliphatic rings. The van der Waals surface area contributed by atoms with E-state index in [4.69, 9.17) is 4.74 Å². The van der Waals surface area contributed by atoms with Gasteiger partial charge >= 0.3 is 0 Å². The number of rotatable bonds is 4. The van der Waals surface area contributed by atoms with E-state index < -0.39 is 0 Å². The SMILES string of the molecule is CC1CC(N(CC2CCNCC2)C(C)C)CCO1. The molecular formula is C15H30N2O. The van der Waals surface area contributed by atoms with Crippen LogP contribution < -0.4 is 5.32 Å². The minimum atomic E-state index is 0.443. The molecule has 0 aromatic heterocycles. The topological polar surface area (TPSA) is 24.5 Å². The lowest BCUT2D eigenvalue weighted by Crippen LogP contribution is -2.48. The lowest BCUT2D eigenvalue weighted by Gasteiger charge is -2.41. The predicted molar refractivity (Wildman–Crippen MR) is 75.9 cm³/mol. The second-order valence-corrected chi connectivity index (χ2v) is 6.34. The largest absolute Gasteiger partial charge is 0.378 e. The summed E-state index contributed by atoms with van der Waals surface area (Å²) in [6.07, 6.45) is 5.57. The van der Waals surface area contributed by atoms with Gasteiger partial charge in [-0.1, -0.05) is 0 Å². The minimum absolute atomic E-state index is 0.443. The summed E-state index contributed by atoms with van der Waals surface area (Å²) in [5, 5.41) is 3.47. The maximum Gasteiger partial charge on any atom is 0.0561 e. The van der Waals surface area contributed by atoms with Crippen molar-refractivity contribution < 1.29 is 4.74 Å². The van der Waals surface area contributed by atoms with Crippen LogP contribution in [0.15, 0.2) is 0 Å². The molecule has 0 spiro atoms. The van der Waals surface area contributed by atoms with Crippen LogP contribution in [-0.4, -0.2) is 49.3 Å². The third kappa shape index (κ3) is 3.94. The van der Waals surface area contributed by atoms with Gasteiger partial charge in [-0.15, -0.1) is 0 Å². The summed E-state index contributed by atoms with van der Waals surface area (Å²) < 4.78 is 5.69. The van der Waals surface area contributed by atoms with Gasteiger partial charge in [-0.2, -0.15) is 0 Å². The van der Waals surface area contributed by atoms with Crippen molar-refractivity contribution in [2.45, 2.75) is 64.6 Å². The Kier molecular flexibility index (Phi) is 5.46. The Hall–Kier alpha value is -0.120. The van der Waals surface area contributed by atoms with E-state index in [-0.39, 0.29) is 0 Å². The molecule has 3 heteroatoms. The highest BCUT2D eigenvalue weighted by Gasteiger charge is 2.28. The molecule has 0 aromatic rings. The molecule has 0 bridgehead atoms. The third-order valence-electron chi connectivity index (χ3n) is 4.52. The van der Waals surface area contributed by atoms with E-state index in [0.717, 1.165) is 18.6 Å². The second-order valence-electron chi connectivity index (χ2n) is 6.34. The molecule has 106 valence electrons. The zero-order chi connectivity index (χ0) is 13.0. The van der Waals surface area contributed by atoms with Crippen LogP contribution in [-0.2, 0) is 4.74 Å². The molecule has 1 N–H and O–H groups in total. The Morgan fingerprint density at radius 2 is 1.94 bits per heavy atom. The summed E-state index contributed by atoms with van der Waals surface area (Å²) in [4.78, 5) is 2.75. The molecular weight excluding hydrogens is 224 g/mol. The van der Waals surface area contributed by atoms with Crippen LogP contribution in [0, 0.1) is 5.92 Å². The van der Waals surface area contributed by atoms with Crippen molar-refractivity contribution in [3.63, 3.8) is 0 Å². The molecule has 3 nitrogen and oxygen atoms in total. The van der Waals surface area contributed by atoms with Crippen molar-refractivity contribution in [3.8, 4) is 0 Å². The van der Waals surface area contributed by atoms with Crippen LogP contribution >= 0.6 is 0 Å². The zero-order valence-electron chi connectivity index (χ0n) is 12.3. The van der Waals surface area contributed by atoms with Gasteiger partial charge in [-0.25, -0.2) is 0 Å². The Labute approximate surface area is 112 Å². The van der Waals surface area contributed by atoms with Gasteiger partial charge < -0.3 is 10.1 Å². The molecule has 0 aliphatic carbocycles. The Bertz CT molecular complexity index is 239. The summed E-state index contributed by atoms with van der Waals surface area (Å²) in [5.74, 6) is 0.895. The molecule has 2 fully saturated rings. The fraction of sp³-hybridized carbons (Fsp3) is 1.00. The maximum atomic E-state index is 5.69. The standard InChI is InChI=1S/C15H30N2O/c1-12(2)17(11-14-4-7-16-8-5-14)15-6-9-18-13(3)10-15/h12-16H,4-11H2,1-3H3. The van der Waals surface area contributed by atoms with E-state index in [2.05, 4.69) is 31.0 Å². The molecule has 18 heavy (non-hydrogen) atoms. The smallest absolute Gasteiger partial charge is 0.0561 e. The molecule has 2 saturated heterocycles. The van der Waals surface area contributed by atoms with Crippen LogP contribution in [0.5, 0.6) is 0 Å². The number of ether oxygens (including phenoxy) is 1. The van der Waals surface area contributed by atoms with E-state index in [1.807, 2.05) is 0 Å². The van der Waals surface area contributed by atoms with Crippen LogP contribution in [0.4, 0.5) is 0 Å². The Balaban J connectivity index is 1.89. The molecule has 0 radical (unpaired) electrons. The van der Waals surface area contributed by atoms with Crippen molar-refractivity contribution in [1.29, 1.82) is 0 Å². The molecule has 0 amide bonds. The average molecular weight is 254 g/mol. The predicted octanol–water partition coefficient (Wildman–Crippen LogP) is 2.26. The first-order valence-electron chi connectivity index (χ1n) is 7.75. The summed E-state index contributed by atoms with van der Waals surface area (Å²) in [5.41, 5.74) is 0.